The molecule has 0 fully saturated rings. The van der Waals surface area contributed by atoms with Gasteiger partial charge in [0.05, 0.1) is 0 Å². The molecule has 3 nitrogen and oxygen atoms in total. The summed E-state index contributed by atoms with van der Waals surface area (Å²) in [5.41, 5.74) is 0. The molecule has 0 spiro atoms. The molecule has 1 atom stereocenters. The van der Waals surface area contributed by atoms with Crippen LogP contribution in [0.15, 0.2) is 0 Å². The van der Waals surface area contributed by atoms with E-state index in [0.717, 1.165) is 12.9 Å². The van der Waals surface area contributed by atoms with E-state index < -0.39 is 9.04 Å². The fourth-order valence-corrected chi connectivity index (χ4v) is 2.32. The third-order valence-corrected chi connectivity index (χ3v) is 3.44. The molecule has 0 aliphatic heterocycles. The standard InChI is InChI=1S/C6H16OSi.CHNO/c1-4-6-8(3)7-5-2;2-1-3/h8H,4-6H2,1-3H3;3H. The summed E-state index contributed by atoms with van der Waals surface area (Å²) in [4.78, 5) is 0. The highest BCUT2D eigenvalue weighted by Crippen LogP contribution is 1.96. The van der Waals surface area contributed by atoms with Crippen molar-refractivity contribution in [2.45, 2.75) is 32.9 Å². The maximum absolute atomic E-state index is 6.88. The van der Waals surface area contributed by atoms with Gasteiger partial charge in [-0.25, -0.2) is 0 Å². The van der Waals surface area contributed by atoms with Crippen LogP contribution >= 0.6 is 0 Å². The Morgan fingerprint density at radius 3 is 2.27 bits per heavy atom. The summed E-state index contributed by atoms with van der Waals surface area (Å²) in [6, 6.07) is 1.33. The molecule has 0 aliphatic rings. The number of hydrogen-bond acceptors (Lipinski definition) is 3. The van der Waals surface area contributed by atoms with Gasteiger partial charge in [0.1, 0.15) is 0 Å². The van der Waals surface area contributed by atoms with Gasteiger partial charge in [-0.1, -0.05) is 13.3 Å². The van der Waals surface area contributed by atoms with Gasteiger partial charge in [0.15, 0.2) is 9.04 Å². The maximum Gasteiger partial charge on any atom is 0.283 e. The van der Waals surface area contributed by atoms with Crippen LogP contribution in [0.4, 0.5) is 0 Å². The Bertz CT molecular complexity index is 97.1. The second kappa shape index (κ2) is 12.2. The van der Waals surface area contributed by atoms with Gasteiger partial charge in [-0.2, -0.15) is 5.26 Å². The van der Waals surface area contributed by atoms with Gasteiger partial charge < -0.3 is 9.53 Å². The van der Waals surface area contributed by atoms with E-state index in [9.17, 15) is 0 Å². The molecular weight excluding hydrogens is 158 g/mol. The summed E-state index contributed by atoms with van der Waals surface area (Å²) < 4.78 is 5.42. The molecule has 0 radical (unpaired) electrons. The molecule has 0 aliphatic carbocycles. The Morgan fingerprint density at radius 1 is 1.55 bits per heavy atom. The molecule has 0 amide bonds. The van der Waals surface area contributed by atoms with Crippen LogP contribution in [0.2, 0.25) is 12.6 Å². The quantitative estimate of drug-likeness (QED) is 0.522. The van der Waals surface area contributed by atoms with E-state index >= 15 is 0 Å². The van der Waals surface area contributed by atoms with Gasteiger partial charge in [0, 0.05) is 6.61 Å². The third-order valence-electron chi connectivity index (χ3n) is 1.15. The van der Waals surface area contributed by atoms with Gasteiger partial charge in [0.25, 0.3) is 6.26 Å². The third kappa shape index (κ3) is 17.7. The van der Waals surface area contributed by atoms with Gasteiger partial charge in [-0.15, -0.1) is 0 Å². The van der Waals surface area contributed by atoms with Crippen LogP contribution in [0.3, 0.4) is 0 Å². The molecule has 1 N–H and O–H groups in total. The van der Waals surface area contributed by atoms with Crippen LogP contribution in [-0.2, 0) is 4.43 Å². The lowest BCUT2D eigenvalue weighted by atomic mass is 10.6. The molecule has 0 aromatic carbocycles. The minimum Gasteiger partial charge on any atom is -0.443 e. The van der Waals surface area contributed by atoms with Gasteiger partial charge in [0.2, 0.25) is 0 Å². The summed E-state index contributed by atoms with van der Waals surface area (Å²) in [7, 11) is -0.702. The molecule has 11 heavy (non-hydrogen) atoms. The first kappa shape index (κ1) is 13.1. The largest absolute Gasteiger partial charge is 0.443 e. The lowest BCUT2D eigenvalue weighted by molar-refractivity contribution is 0.345. The zero-order valence-corrected chi connectivity index (χ0v) is 8.66. The monoisotopic (exact) mass is 175 g/mol. The zero-order chi connectivity index (χ0) is 9.11. The number of aliphatic hydroxyl groups excluding tert-OH is 1. The van der Waals surface area contributed by atoms with E-state index in [0.29, 0.717) is 0 Å². The van der Waals surface area contributed by atoms with Crippen LogP contribution in [0.1, 0.15) is 20.3 Å². The number of rotatable bonds is 4. The maximum atomic E-state index is 6.88. The fourth-order valence-electron chi connectivity index (χ4n) is 0.774. The first-order chi connectivity index (χ1) is 5.22. The van der Waals surface area contributed by atoms with Crippen LogP contribution in [0.25, 0.3) is 0 Å². The molecule has 0 saturated carbocycles. The fraction of sp³-hybridized carbons (Fsp3) is 0.857. The van der Waals surface area contributed by atoms with E-state index in [4.69, 9.17) is 14.8 Å². The van der Waals surface area contributed by atoms with Crippen molar-refractivity contribution in [2.75, 3.05) is 6.61 Å². The van der Waals surface area contributed by atoms with E-state index in [2.05, 4.69) is 20.4 Å². The minimum absolute atomic E-state index is 0.702. The van der Waals surface area contributed by atoms with Crippen LogP contribution in [-0.4, -0.2) is 20.8 Å². The topological polar surface area (TPSA) is 53.2 Å². The van der Waals surface area contributed by atoms with Crippen molar-refractivity contribution in [3.05, 3.63) is 0 Å². The molecule has 0 aromatic rings. The first-order valence-electron chi connectivity index (χ1n) is 3.87. The second-order valence-electron chi connectivity index (χ2n) is 2.15. The summed E-state index contributed by atoms with van der Waals surface area (Å²) in [5.74, 6) is 0. The second-order valence-corrected chi connectivity index (χ2v) is 4.69. The molecule has 66 valence electrons. The molecule has 0 saturated heterocycles. The number of hydrogen-bond donors (Lipinski definition) is 1. The molecule has 1 unspecified atom stereocenters. The Hall–Kier alpha value is -0.533. The van der Waals surface area contributed by atoms with Crippen molar-refractivity contribution in [2.24, 2.45) is 0 Å². The normalized spacial score (nSPS) is 10.7. The average molecular weight is 175 g/mol. The molecule has 0 rings (SSSR count). The zero-order valence-electron chi connectivity index (χ0n) is 7.50. The van der Waals surface area contributed by atoms with Crippen LogP contribution < -0.4 is 0 Å². The first-order valence-corrected chi connectivity index (χ1v) is 6.31. The Balaban J connectivity index is 0. The lowest BCUT2D eigenvalue weighted by Crippen LogP contribution is -2.11. The molecule has 0 aromatic heterocycles. The van der Waals surface area contributed by atoms with E-state index in [1.807, 2.05) is 0 Å². The van der Waals surface area contributed by atoms with Crippen molar-refractivity contribution < 1.29 is 9.53 Å². The van der Waals surface area contributed by atoms with E-state index in [-0.39, 0.29) is 0 Å². The Labute approximate surface area is 70.3 Å². The predicted molar refractivity (Wildman–Crippen MR) is 47.3 cm³/mol. The lowest BCUT2D eigenvalue weighted by Gasteiger charge is -2.06. The van der Waals surface area contributed by atoms with Crippen molar-refractivity contribution in [1.82, 2.24) is 0 Å². The van der Waals surface area contributed by atoms with E-state index in [1.54, 1.807) is 0 Å². The van der Waals surface area contributed by atoms with Crippen molar-refractivity contribution in [1.29, 1.82) is 5.26 Å². The molecule has 0 bridgehead atoms. The highest BCUT2D eigenvalue weighted by Gasteiger charge is 1.98. The average Bonchev–Trinajstić information content (AvgIpc) is 1.90. The van der Waals surface area contributed by atoms with Crippen molar-refractivity contribution >= 4 is 9.04 Å². The van der Waals surface area contributed by atoms with Crippen LogP contribution in [0.5, 0.6) is 0 Å². The van der Waals surface area contributed by atoms with Gasteiger partial charge >= 0.3 is 0 Å². The van der Waals surface area contributed by atoms with Crippen molar-refractivity contribution in [3.63, 3.8) is 0 Å². The van der Waals surface area contributed by atoms with Crippen molar-refractivity contribution in [3.8, 4) is 6.26 Å². The number of nitriles is 1. The Kier molecular flexibility index (Phi) is 14.5. The number of nitrogens with zero attached hydrogens (tertiary/aromatic N) is 1. The highest BCUT2D eigenvalue weighted by molar-refractivity contribution is 6.50. The summed E-state index contributed by atoms with van der Waals surface area (Å²) >= 11 is 0. The van der Waals surface area contributed by atoms with Crippen LogP contribution in [0, 0.1) is 11.5 Å². The SMILES string of the molecule is CCC[SiH](C)OCC.N#CO. The molecular formula is C7H17NO2Si. The molecule has 4 heteroatoms. The molecule has 0 heterocycles. The minimum atomic E-state index is -0.702. The summed E-state index contributed by atoms with van der Waals surface area (Å²) in [6.07, 6.45) is 2.04. The summed E-state index contributed by atoms with van der Waals surface area (Å²) in [5, 5.41) is 13.8. The summed E-state index contributed by atoms with van der Waals surface area (Å²) in [6.45, 7) is 7.45. The highest BCUT2D eigenvalue weighted by atomic mass is 28.3. The van der Waals surface area contributed by atoms with E-state index in [1.165, 1.54) is 12.5 Å². The smallest absolute Gasteiger partial charge is 0.283 e. The number of aliphatic hydroxyl groups is 1. The Morgan fingerprint density at radius 2 is 2.00 bits per heavy atom. The van der Waals surface area contributed by atoms with Gasteiger partial charge in [-0.05, 0) is 19.5 Å². The van der Waals surface area contributed by atoms with Gasteiger partial charge in [-0.3, -0.25) is 0 Å². The predicted octanol–water partition coefficient (Wildman–Crippen LogP) is 1.63.